The lowest BCUT2D eigenvalue weighted by Gasteiger charge is -2.44. The number of carbonyl (C=O) groups is 2. The van der Waals surface area contributed by atoms with Crippen molar-refractivity contribution in [1.29, 1.82) is 0 Å². The first-order valence-electron chi connectivity index (χ1n) is 10.6. The third-order valence-electron chi connectivity index (χ3n) is 5.01. The summed E-state index contributed by atoms with van der Waals surface area (Å²) in [6, 6.07) is 1.86. The van der Waals surface area contributed by atoms with Gasteiger partial charge >= 0.3 is 0 Å². The van der Waals surface area contributed by atoms with Crippen LogP contribution in [0.3, 0.4) is 0 Å². The minimum atomic E-state index is -2.35. The van der Waals surface area contributed by atoms with Crippen LogP contribution in [0, 0.1) is 11.6 Å². The number of ether oxygens (including phenoxy) is 1. The van der Waals surface area contributed by atoms with Gasteiger partial charge in [0, 0.05) is 31.8 Å². The molecule has 2 aliphatic rings. The Morgan fingerprint density at radius 2 is 2.17 bits per heavy atom. The van der Waals surface area contributed by atoms with Gasteiger partial charge in [-0.2, -0.15) is 0 Å². The number of fused-ring (bicyclic) bond motifs is 2. The highest BCUT2D eigenvalue weighted by Crippen LogP contribution is 2.29. The van der Waals surface area contributed by atoms with Crippen molar-refractivity contribution >= 4 is 11.8 Å². The molecule has 3 heterocycles. The van der Waals surface area contributed by atoms with E-state index in [1.165, 1.54) is 6.92 Å². The van der Waals surface area contributed by atoms with Crippen LogP contribution in [-0.4, -0.2) is 45.2 Å². The summed E-state index contributed by atoms with van der Waals surface area (Å²) in [7, 11) is 0. The van der Waals surface area contributed by atoms with Gasteiger partial charge < -0.3 is 24.6 Å². The zero-order valence-electron chi connectivity index (χ0n) is 18.7. The van der Waals surface area contributed by atoms with E-state index in [1.54, 1.807) is 0 Å². The highest BCUT2D eigenvalue weighted by molar-refractivity contribution is 5.99. The van der Waals surface area contributed by atoms with Crippen LogP contribution in [0.4, 0.5) is 8.78 Å². The Morgan fingerprint density at radius 1 is 1.40 bits per heavy atom. The first kappa shape index (κ1) is 16.5. The van der Waals surface area contributed by atoms with Crippen LogP contribution in [0.15, 0.2) is 29.2 Å². The molecule has 8 nitrogen and oxygen atoms in total. The first-order chi connectivity index (χ1) is 15.4. The summed E-state index contributed by atoms with van der Waals surface area (Å²) in [5.74, 6) is -4.48. The number of aromatic hydroxyl groups is 1. The average Bonchev–Trinajstić information content (AvgIpc) is 2.73. The van der Waals surface area contributed by atoms with E-state index in [-0.39, 0.29) is 18.7 Å². The van der Waals surface area contributed by atoms with Crippen LogP contribution in [-0.2, 0) is 17.8 Å². The fraction of sp³-hybridized carbons (Fsp3) is 0.350. The van der Waals surface area contributed by atoms with Crippen molar-refractivity contribution in [2.45, 2.75) is 38.7 Å². The number of nitrogens with one attached hydrogen (secondary N) is 1. The standard InChI is InChI=1S/C20H19F2N3O5/c1-10-4-5-30-15-9-24-8-13(17(26)18(27)16(24)20(29)25(10)15)19(28)23-7-11-2-3-12(21)6-14(11)22/h2-3,6,8,10,15,27H,4-5,7,9H2,1H3,(H,23,28)/t10-,15+/m0/s1/i4D,5D2/t4?,10-,15+. The van der Waals surface area contributed by atoms with Crippen molar-refractivity contribution in [1.82, 2.24) is 14.8 Å². The van der Waals surface area contributed by atoms with Gasteiger partial charge in [0.15, 0.2) is 17.7 Å². The van der Waals surface area contributed by atoms with E-state index in [2.05, 4.69) is 5.32 Å². The highest BCUT2D eigenvalue weighted by atomic mass is 19.1. The smallest absolute Gasteiger partial charge is 0.276 e. The van der Waals surface area contributed by atoms with E-state index in [9.17, 15) is 28.3 Å². The summed E-state index contributed by atoms with van der Waals surface area (Å²) in [6.07, 6.45) is -1.53. The number of rotatable bonds is 3. The maximum atomic E-state index is 13.8. The fourth-order valence-electron chi connectivity index (χ4n) is 3.46. The van der Waals surface area contributed by atoms with E-state index >= 15 is 0 Å². The molecule has 1 fully saturated rings. The van der Waals surface area contributed by atoms with Gasteiger partial charge in [0.2, 0.25) is 5.43 Å². The SMILES string of the molecule is [2H]C1[C@H](C)N2C(=O)c3c(O)c(=O)c(C(=O)NCc4ccc(F)cc4F)cn3C[C@H]2OC1([2H])[2H]. The molecule has 1 saturated heterocycles. The van der Waals surface area contributed by atoms with Gasteiger partial charge in [-0.15, -0.1) is 0 Å². The van der Waals surface area contributed by atoms with Crippen molar-refractivity contribution in [2.24, 2.45) is 0 Å². The van der Waals surface area contributed by atoms with Crippen molar-refractivity contribution in [3.63, 3.8) is 0 Å². The number of pyridine rings is 1. The number of hydrogen-bond donors (Lipinski definition) is 2. The van der Waals surface area contributed by atoms with E-state index in [4.69, 9.17) is 8.85 Å². The monoisotopic (exact) mass is 422 g/mol. The van der Waals surface area contributed by atoms with Crippen LogP contribution < -0.4 is 10.7 Å². The molecule has 0 spiro atoms. The molecule has 30 heavy (non-hydrogen) atoms. The molecule has 4 rings (SSSR count). The molecule has 0 radical (unpaired) electrons. The Labute approximate surface area is 173 Å². The second kappa shape index (κ2) is 7.52. The van der Waals surface area contributed by atoms with Crippen LogP contribution in [0.5, 0.6) is 5.75 Å². The van der Waals surface area contributed by atoms with Gasteiger partial charge in [0.25, 0.3) is 11.8 Å². The predicted molar refractivity (Wildman–Crippen MR) is 99.9 cm³/mol. The van der Waals surface area contributed by atoms with Crippen molar-refractivity contribution < 1.29 is 32.3 Å². The molecule has 0 saturated carbocycles. The van der Waals surface area contributed by atoms with Gasteiger partial charge in [0.1, 0.15) is 17.2 Å². The average molecular weight is 422 g/mol. The molecule has 2 N–H and O–H groups in total. The quantitative estimate of drug-likeness (QED) is 0.778. The summed E-state index contributed by atoms with van der Waals surface area (Å²) < 4.78 is 57.0. The third kappa shape index (κ3) is 3.32. The minimum absolute atomic E-state index is 0.0328. The number of benzene rings is 1. The first-order valence-corrected chi connectivity index (χ1v) is 9.03. The summed E-state index contributed by atoms with van der Waals surface area (Å²) >= 11 is 0. The van der Waals surface area contributed by atoms with Gasteiger partial charge in [-0.1, -0.05) is 6.07 Å². The number of carbonyl (C=O) groups excluding carboxylic acids is 2. The summed E-state index contributed by atoms with van der Waals surface area (Å²) in [4.78, 5) is 39.3. The van der Waals surface area contributed by atoms with Crippen molar-refractivity contribution in [2.75, 3.05) is 6.56 Å². The zero-order valence-corrected chi connectivity index (χ0v) is 15.7. The molecule has 10 heteroatoms. The fourth-order valence-corrected chi connectivity index (χ4v) is 3.46. The zero-order chi connectivity index (χ0) is 24.2. The Bertz CT molecular complexity index is 1220. The summed E-state index contributed by atoms with van der Waals surface area (Å²) in [5, 5.41) is 12.7. The molecule has 1 aromatic carbocycles. The number of halogens is 2. The molecular formula is C20H19F2N3O5. The molecule has 0 bridgehead atoms. The minimum Gasteiger partial charge on any atom is -0.503 e. The van der Waals surface area contributed by atoms with E-state index in [1.807, 2.05) is 0 Å². The molecule has 2 amide bonds. The number of amides is 2. The lowest BCUT2D eigenvalue weighted by molar-refractivity contribution is -0.112. The Balaban J connectivity index is 1.65. The molecule has 2 aromatic rings. The summed E-state index contributed by atoms with van der Waals surface area (Å²) in [5.41, 5.74) is -2.11. The molecule has 3 atom stereocenters. The Kier molecular flexibility index (Phi) is 4.14. The van der Waals surface area contributed by atoms with Gasteiger partial charge in [-0.05, 0) is 19.4 Å². The maximum Gasteiger partial charge on any atom is 0.276 e. The second-order valence-electron chi connectivity index (χ2n) is 6.95. The normalized spacial score (nSPS) is 26.1. The summed E-state index contributed by atoms with van der Waals surface area (Å²) in [6.45, 7) is -1.46. The molecule has 2 aliphatic heterocycles. The van der Waals surface area contributed by atoms with E-state index < -0.39 is 71.1 Å². The van der Waals surface area contributed by atoms with Crippen LogP contribution in [0.25, 0.3) is 0 Å². The van der Waals surface area contributed by atoms with Gasteiger partial charge in [-0.25, -0.2) is 8.78 Å². The lowest BCUT2D eigenvalue weighted by atomic mass is 10.1. The van der Waals surface area contributed by atoms with Crippen LogP contribution in [0.1, 0.15) is 43.8 Å². The number of nitrogens with zero attached hydrogens (tertiary/aromatic N) is 2. The topological polar surface area (TPSA) is 101 Å². The Hall–Kier alpha value is -3.27. The molecular weight excluding hydrogens is 400 g/mol. The van der Waals surface area contributed by atoms with Crippen molar-refractivity contribution in [3.05, 3.63) is 63.1 Å². The molecule has 0 aliphatic carbocycles. The Morgan fingerprint density at radius 3 is 2.90 bits per heavy atom. The predicted octanol–water partition coefficient (Wildman–Crippen LogP) is 1.35. The lowest BCUT2D eigenvalue weighted by Crippen LogP contribution is -2.57. The third-order valence-corrected chi connectivity index (χ3v) is 5.01. The van der Waals surface area contributed by atoms with Crippen LogP contribution in [0.2, 0.25) is 0 Å². The van der Waals surface area contributed by atoms with Crippen LogP contribution >= 0.6 is 0 Å². The van der Waals surface area contributed by atoms with Crippen molar-refractivity contribution in [3.8, 4) is 5.75 Å². The largest absolute Gasteiger partial charge is 0.503 e. The highest BCUT2D eigenvalue weighted by Gasteiger charge is 2.41. The van der Waals surface area contributed by atoms with Gasteiger partial charge in [-0.3, -0.25) is 14.4 Å². The number of aromatic nitrogens is 1. The number of hydrogen-bond acceptors (Lipinski definition) is 5. The molecule has 1 unspecified atom stereocenters. The second-order valence-corrected chi connectivity index (χ2v) is 6.95. The van der Waals surface area contributed by atoms with Gasteiger partial charge in [0.05, 0.1) is 15.8 Å². The van der Waals surface area contributed by atoms with E-state index in [0.717, 1.165) is 27.8 Å². The molecule has 1 aromatic heterocycles. The molecule has 158 valence electrons. The van der Waals surface area contributed by atoms with E-state index in [0.29, 0.717) is 6.07 Å². The maximum absolute atomic E-state index is 13.8.